The Kier molecular flexibility index (Phi) is 44.9. The average Bonchev–Trinajstić information content (AvgIpc) is 3.26. The summed E-state index contributed by atoms with van der Waals surface area (Å²) in [6, 6.07) is 0. The Hall–Kier alpha value is -3.14. The molecule has 0 saturated heterocycles. The van der Waals surface area contributed by atoms with Crippen LogP contribution in [0.1, 0.15) is 155 Å². The summed E-state index contributed by atoms with van der Waals surface area (Å²) in [5.41, 5.74) is 0. The molecule has 0 aliphatic rings. The summed E-state index contributed by atoms with van der Waals surface area (Å²) in [6.07, 6.45) is 63.1. The van der Waals surface area contributed by atoms with E-state index in [4.69, 9.17) is 23.6 Å². The van der Waals surface area contributed by atoms with E-state index >= 15 is 0 Å². The minimum absolute atomic E-state index is 0.0116. The van der Waals surface area contributed by atoms with E-state index in [9.17, 15) is 19.4 Å². The summed E-state index contributed by atoms with van der Waals surface area (Å²) in [5, 5.41) is 18.4. The number of allylic oxidation sites excluding steroid dienone is 20. The highest BCUT2D eigenvalue weighted by molar-refractivity contribution is 7.47. The molecule has 3 N–H and O–H groups in total. The number of phosphoric acid groups is 1. The van der Waals surface area contributed by atoms with Gasteiger partial charge < -0.3 is 24.6 Å². The van der Waals surface area contributed by atoms with Crippen LogP contribution in [0.25, 0.3) is 0 Å². The first-order valence-corrected chi connectivity index (χ1v) is 25.0. The van der Waals surface area contributed by atoms with Crippen molar-refractivity contribution < 1.29 is 43.0 Å². The summed E-state index contributed by atoms with van der Waals surface area (Å²) >= 11 is 0. The van der Waals surface area contributed by atoms with Crippen LogP contribution >= 0.6 is 7.82 Å². The van der Waals surface area contributed by atoms with Gasteiger partial charge in [0.05, 0.1) is 26.4 Å². The molecule has 10 heteroatoms. The number of hydrogen-bond acceptors (Lipinski definition) is 8. The second-order valence-corrected chi connectivity index (χ2v) is 16.5. The number of carbonyl (C=O) groups is 1. The molecule has 0 radical (unpaired) electrons. The molecule has 0 aromatic carbocycles. The van der Waals surface area contributed by atoms with Gasteiger partial charge in [0.2, 0.25) is 0 Å². The summed E-state index contributed by atoms with van der Waals surface area (Å²) in [7, 11) is -4.55. The fourth-order valence-corrected chi connectivity index (χ4v) is 6.44. The number of ether oxygens (including phenoxy) is 2. The summed E-state index contributed by atoms with van der Waals surface area (Å²) in [5.74, 6) is -0.447. The first-order valence-electron chi connectivity index (χ1n) is 23.5. The Morgan fingerprint density at radius 3 is 1.31 bits per heavy atom. The lowest BCUT2D eigenvalue weighted by Gasteiger charge is -2.20. The number of rotatable bonds is 43. The molecule has 3 unspecified atom stereocenters. The van der Waals surface area contributed by atoms with Gasteiger partial charge in [0.1, 0.15) is 12.2 Å². The van der Waals surface area contributed by atoms with Crippen LogP contribution in [0.4, 0.5) is 0 Å². The fraction of sp³-hybridized carbons (Fsp3) is 0.596. The molecule has 0 aromatic heterocycles. The molecule has 0 saturated carbocycles. The number of unbranched alkanes of at least 4 members (excludes halogenated alkanes) is 9. The molecule has 0 rings (SSSR count). The molecule has 0 amide bonds. The summed E-state index contributed by atoms with van der Waals surface area (Å²) in [6.45, 7) is 3.16. The first-order chi connectivity index (χ1) is 30.3. The van der Waals surface area contributed by atoms with Crippen molar-refractivity contribution in [3.05, 3.63) is 122 Å². The van der Waals surface area contributed by atoms with E-state index in [2.05, 4.69) is 129 Å². The van der Waals surface area contributed by atoms with Gasteiger partial charge in [-0.1, -0.05) is 174 Å². The van der Waals surface area contributed by atoms with Crippen LogP contribution in [0.5, 0.6) is 0 Å². The van der Waals surface area contributed by atoms with E-state index in [0.717, 1.165) is 96.3 Å². The summed E-state index contributed by atoms with van der Waals surface area (Å²) < 4.78 is 33.4. The highest BCUT2D eigenvalue weighted by atomic mass is 31.2. The van der Waals surface area contributed by atoms with Crippen LogP contribution in [0.15, 0.2) is 122 Å². The standard InChI is InChI=1S/C52H85O9P/c1-3-5-7-9-11-13-15-17-19-21-22-23-24-25-26-27-29-31-33-35-37-39-41-43-45-58-48-51(49-60-62(56,57)59-47-50(54)46-53)61-52(55)44-42-40-38-36-34-32-30-28-20-18-16-14-12-10-8-6-4-2/h5-8,11-14,17-20,22-23,25-26,30,32,36,38,50-51,53-54H,3-4,9-10,15-16,21,24,27-29,31,33-35,37,39-49H2,1-2H3,(H,56,57)/b7-5-,8-6-,13-11-,14-12-,19-17-,20-18-,23-22-,26-25-,32-30-,38-36-. The smallest absolute Gasteiger partial charge is 0.457 e. The van der Waals surface area contributed by atoms with Gasteiger partial charge in [-0.05, 0) is 96.3 Å². The molecular formula is C52H85O9P. The van der Waals surface area contributed by atoms with E-state index in [0.29, 0.717) is 13.0 Å². The van der Waals surface area contributed by atoms with Crippen molar-refractivity contribution >= 4 is 13.8 Å². The van der Waals surface area contributed by atoms with Crippen LogP contribution in [0.3, 0.4) is 0 Å². The summed E-state index contributed by atoms with van der Waals surface area (Å²) in [4.78, 5) is 22.6. The number of aliphatic hydroxyl groups excluding tert-OH is 2. The van der Waals surface area contributed by atoms with Crippen LogP contribution < -0.4 is 0 Å². The van der Waals surface area contributed by atoms with Gasteiger partial charge in [-0.25, -0.2) is 4.57 Å². The van der Waals surface area contributed by atoms with Crippen LogP contribution in [0, 0.1) is 0 Å². The average molecular weight is 885 g/mol. The molecule has 0 fully saturated rings. The highest BCUT2D eigenvalue weighted by Crippen LogP contribution is 2.43. The predicted octanol–water partition coefficient (Wildman–Crippen LogP) is 13.6. The maximum absolute atomic E-state index is 12.6. The Labute approximate surface area is 377 Å². The molecule has 352 valence electrons. The van der Waals surface area contributed by atoms with Gasteiger partial charge in [-0.2, -0.15) is 0 Å². The minimum Gasteiger partial charge on any atom is -0.457 e. The Morgan fingerprint density at radius 1 is 0.500 bits per heavy atom. The third kappa shape index (κ3) is 46.4. The quantitative estimate of drug-likeness (QED) is 0.0237. The highest BCUT2D eigenvalue weighted by Gasteiger charge is 2.26. The molecule has 62 heavy (non-hydrogen) atoms. The number of hydrogen-bond donors (Lipinski definition) is 3. The predicted molar refractivity (Wildman–Crippen MR) is 260 cm³/mol. The number of carbonyl (C=O) groups excluding carboxylic acids is 1. The molecule has 0 aromatic rings. The monoisotopic (exact) mass is 885 g/mol. The third-order valence-corrected chi connectivity index (χ3v) is 10.1. The molecule has 0 heterocycles. The zero-order valence-electron chi connectivity index (χ0n) is 38.5. The third-order valence-electron chi connectivity index (χ3n) is 9.14. The molecule has 0 aliphatic heterocycles. The Balaban J connectivity index is 4.24. The zero-order chi connectivity index (χ0) is 45.3. The number of esters is 1. The van der Waals surface area contributed by atoms with Gasteiger partial charge in [-0.3, -0.25) is 13.8 Å². The van der Waals surface area contributed by atoms with E-state index in [1.165, 1.54) is 32.1 Å². The van der Waals surface area contributed by atoms with Crippen molar-refractivity contribution in [3.63, 3.8) is 0 Å². The number of phosphoric ester groups is 1. The lowest BCUT2D eigenvalue weighted by Crippen LogP contribution is -2.29. The normalized spacial score (nSPS) is 15.0. The van der Waals surface area contributed by atoms with E-state index in [1.807, 2.05) is 6.08 Å². The second-order valence-electron chi connectivity index (χ2n) is 15.0. The Morgan fingerprint density at radius 2 is 0.871 bits per heavy atom. The lowest BCUT2D eigenvalue weighted by atomic mass is 10.1. The zero-order valence-corrected chi connectivity index (χ0v) is 39.4. The van der Waals surface area contributed by atoms with Crippen molar-refractivity contribution in [1.29, 1.82) is 0 Å². The topological polar surface area (TPSA) is 132 Å². The molecule has 0 spiro atoms. The number of aliphatic hydroxyl groups is 2. The lowest BCUT2D eigenvalue weighted by molar-refractivity contribution is -0.154. The SMILES string of the molecule is CC/C=C\C/C=C\C/C=C\C/C=C\C/C=C\CCCCCCCCCCOCC(COP(=O)(O)OCC(O)CO)OC(=O)CCC/C=C\C/C=C\C/C=C\C/C=C\C/C=C\CC. The molecular weight excluding hydrogens is 800 g/mol. The van der Waals surface area contributed by atoms with Gasteiger partial charge >= 0.3 is 13.8 Å². The van der Waals surface area contributed by atoms with Crippen LogP contribution in [-0.2, 0) is 27.9 Å². The van der Waals surface area contributed by atoms with E-state index < -0.39 is 45.8 Å². The van der Waals surface area contributed by atoms with E-state index in [-0.39, 0.29) is 13.0 Å². The molecule has 0 aliphatic carbocycles. The van der Waals surface area contributed by atoms with Gasteiger partial charge in [-0.15, -0.1) is 0 Å². The largest absolute Gasteiger partial charge is 0.472 e. The Bertz CT molecular complexity index is 1370. The maximum atomic E-state index is 12.6. The first kappa shape index (κ1) is 58.9. The van der Waals surface area contributed by atoms with Crippen molar-refractivity contribution in [2.75, 3.05) is 33.0 Å². The fourth-order valence-electron chi connectivity index (χ4n) is 5.65. The second kappa shape index (κ2) is 47.3. The van der Waals surface area contributed by atoms with Gasteiger partial charge in [0.15, 0.2) is 0 Å². The van der Waals surface area contributed by atoms with Crippen molar-refractivity contribution in [3.8, 4) is 0 Å². The molecule has 3 atom stereocenters. The molecule has 9 nitrogen and oxygen atoms in total. The van der Waals surface area contributed by atoms with Crippen molar-refractivity contribution in [2.24, 2.45) is 0 Å². The van der Waals surface area contributed by atoms with Crippen LogP contribution in [-0.4, -0.2) is 66.3 Å². The van der Waals surface area contributed by atoms with Gasteiger partial charge in [0.25, 0.3) is 0 Å². The minimum atomic E-state index is -4.55. The van der Waals surface area contributed by atoms with Crippen molar-refractivity contribution in [2.45, 2.75) is 167 Å². The molecule has 0 bridgehead atoms. The van der Waals surface area contributed by atoms with Crippen molar-refractivity contribution in [1.82, 2.24) is 0 Å². The van der Waals surface area contributed by atoms with Gasteiger partial charge in [0, 0.05) is 13.0 Å². The van der Waals surface area contributed by atoms with Crippen LogP contribution in [0.2, 0.25) is 0 Å². The van der Waals surface area contributed by atoms with E-state index in [1.54, 1.807) is 0 Å². The maximum Gasteiger partial charge on any atom is 0.472 e.